The van der Waals surface area contributed by atoms with Crippen LogP contribution in [-0.2, 0) is 19.5 Å². The van der Waals surface area contributed by atoms with E-state index in [9.17, 15) is 4.79 Å². The van der Waals surface area contributed by atoms with Crippen LogP contribution in [0, 0.1) is 0 Å². The Bertz CT molecular complexity index is 1070. The standard InChI is InChI=1S/C25H25N3OS/c1-2-10-24-23(17-26-28(24)21-13-7-4-8-14-21)25(29)27(19-22-15-9-16-30-22)18-20-11-5-3-6-12-20/h3-9,11-17H,2,10,18-19H2,1H3. The van der Waals surface area contributed by atoms with Crippen LogP contribution in [0.1, 0.15) is 39.8 Å². The molecule has 0 N–H and O–H groups in total. The van der Waals surface area contributed by atoms with E-state index in [-0.39, 0.29) is 5.91 Å². The Morgan fingerprint density at radius 1 is 0.967 bits per heavy atom. The zero-order valence-corrected chi connectivity index (χ0v) is 17.9. The summed E-state index contributed by atoms with van der Waals surface area (Å²) >= 11 is 1.68. The molecule has 30 heavy (non-hydrogen) atoms. The Kier molecular flexibility index (Phi) is 6.40. The fraction of sp³-hybridized carbons (Fsp3) is 0.200. The van der Waals surface area contributed by atoms with Gasteiger partial charge < -0.3 is 4.90 Å². The third-order valence-electron chi connectivity index (χ3n) is 5.02. The molecule has 0 spiro atoms. The average molecular weight is 416 g/mol. The Morgan fingerprint density at radius 2 is 1.70 bits per heavy atom. The van der Waals surface area contributed by atoms with Gasteiger partial charge in [0, 0.05) is 11.4 Å². The lowest BCUT2D eigenvalue weighted by atomic mass is 10.1. The third kappa shape index (κ3) is 4.52. The highest BCUT2D eigenvalue weighted by Crippen LogP contribution is 2.22. The van der Waals surface area contributed by atoms with E-state index in [0.29, 0.717) is 18.7 Å². The van der Waals surface area contributed by atoms with Crippen LogP contribution < -0.4 is 0 Å². The minimum atomic E-state index is 0.0258. The lowest BCUT2D eigenvalue weighted by molar-refractivity contribution is 0.0730. The van der Waals surface area contributed by atoms with Crippen LogP contribution in [0.25, 0.3) is 5.69 Å². The number of rotatable bonds is 8. The molecule has 0 fully saturated rings. The second-order valence-electron chi connectivity index (χ2n) is 7.23. The van der Waals surface area contributed by atoms with E-state index in [4.69, 9.17) is 0 Å². The van der Waals surface area contributed by atoms with Gasteiger partial charge in [0.2, 0.25) is 0 Å². The maximum absolute atomic E-state index is 13.7. The van der Waals surface area contributed by atoms with Crippen molar-refractivity contribution >= 4 is 17.2 Å². The summed E-state index contributed by atoms with van der Waals surface area (Å²) < 4.78 is 1.91. The normalized spacial score (nSPS) is 10.8. The molecule has 0 saturated carbocycles. The fourth-order valence-electron chi connectivity index (χ4n) is 3.59. The Hall–Kier alpha value is -3.18. The highest BCUT2D eigenvalue weighted by Gasteiger charge is 2.23. The largest absolute Gasteiger partial charge is 0.329 e. The molecule has 2 heterocycles. The molecular weight excluding hydrogens is 390 g/mol. The summed E-state index contributed by atoms with van der Waals surface area (Å²) in [6.45, 7) is 3.29. The SMILES string of the molecule is CCCc1c(C(=O)N(Cc2ccccc2)Cc2cccs2)cnn1-c1ccccc1. The van der Waals surface area contributed by atoms with Crippen molar-refractivity contribution in [3.63, 3.8) is 0 Å². The van der Waals surface area contributed by atoms with E-state index in [1.807, 2.05) is 64.2 Å². The van der Waals surface area contributed by atoms with E-state index in [0.717, 1.165) is 29.8 Å². The Balaban J connectivity index is 1.69. The van der Waals surface area contributed by atoms with Crippen molar-refractivity contribution < 1.29 is 4.79 Å². The van der Waals surface area contributed by atoms with Crippen molar-refractivity contribution in [2.24, 2.45) is 0 Å². The number of carbonyl (C=O) groups excluding carboxylic acids is 1. The van der Waals surface area contributed by atoms with Gasteiger partial charge >= 0.3 is 0 Å². The van der Waals surface area contributed by atoms with Gasteiger partial charge in [0.05, 0.1) is 29.7 Å². The van der Waals surface area contributed by atoms with Crippen molar-refractivity contribution in [1.29, 1.82) is 0 Å². The molecule has 0 unspecified atom stereocenters. The number of hydrogen-bond acceptors (Lipinski definition) is 3. The predicted molar refractivity (Wildman–Crippen MR) is 122 cm³/mol. The molecule has 0 bridgehead atoms. The second kappa shape index (κ2) is 9.55. The van der Waals surface area contributed by atoms with Gasteiger partial charge in [-0.3, -0.25) is 4.79 Å². The molecule has 2 aromatic heterocycles. The van der Waals surface area contributed by atoms with Gasteiger partial charge in [0.15, 0.2) is 0 Å². The van der Waals surface area contributed by atoms with Crippen LogP contribution in [0.2, 0.25) is 0 Å². The van der Waals surface area contributed by atoms with Crippen LogP contribution in [0.15, 0.2) is 84.4 Å². The smallest absolute Gasteiger partial charge is 0.257 e. The van der Waals surface area contributed by atoms with Crippen molar-refractivity contribution in [2.45, 2.75) is 32.9 Å². The highest BCUT2D eigenvalue weighted by molar-refractivity contribution is 7.09. The number of hydrogen-bond donors (Lipinski definition) is 0. The first-order valence-corrected chi connectivity index (χ1v) is 11.1. The topological polar surface area (TPSA) is 38.1 Å². The van der Waals surface area contributed by atoms with Gasteiger partial charge in [0.1, 0.15) is 0 Å². The quantitative estimate of drug-likeness (QED) is 0.369. The molecule has 0 atom stereocenters. The van der Waals surface area contributed by atoms with E-state index < -0.39 is 0 Å². The van der Waals surface area contributed by atoms with Crippen LogP contribution in [0.5, 0.6) is 0 Å². The molecule has 0 aliphatic carbocycles. The van der Waals surface area contributed by atoms with Crippen LogP contribution >= 0.6 is 11.3 Å². The number of aromatic nitrogens is 2. The van der Waals surface area contributed by atoms with Crippen LogP contribution in [0.3, 0.4) is 0 Å². The number of para-hydroxylation sites is 1. The summed E-state index contributed by atoms with van der Waals surface area (Å²) in [4.78, 5) is 16.8. The maximum atomic E-state index is 13.7. The number of benzene rings is 2. The summed E-state index contributed by atoms with van der Waals surface area (Å²) in [7, 11) is 0. The summed E-state index contributed by atoms with van der Waals surface area (Å²) in [6, 6.07) is 24.3. The maximum Gasteiger partial charge on any atom is 0.257 e. The Morgan fingerprint density at radius 3 is 2.37 bits per heavy atom. The van der Waals surface area contributed by atoms with Gasteiger partial charge in [-0.15, -0.1) is 11.3 Å². The fourth-order valence-corrected chi connectivity index (χ4v) is 4.31. The zero-order valence-electron chi connectivity index (χ0n) is 17.1. The number of carbonyl (C=O) groups is 1. The van der Waals surface area contributed by atoms with Crippen LogP contribution in [0.4, 0.5) is 0 Å². The molecule has 4 rings (SSSR count). The Labute approximate surface area is 181 Å². The molecule has 4 nitrogen and oxygen atoms in total. The molecule has 0 aliphatic rings. The minimum absolute atomic E-state index is 0.0258. The van der Waals surface area contributed by atoms with Gasteiger partial charge in [0.25, 0.3) is 5.91 Å². The average Bonchev–Trinajstić information content (AvgIpc) is 3.44. The number of amides is 1. The second-order valence-corrected chi connectivity index (χ2v) is 8.26. The summed E-state index contributed by atoms with van der Waals surface area (Å²) in [5.74, 6) is 0.0258. The van der Waals surface area contributed by atoms with Gasteiger partial charge in [-0.1, -0.05) is 67.9 Å². The number of nitrogens with zero attached hydrogens (tertiary/aromatic N) is 3. The summed E-state index contributed by atoms with van der Waals surface area (Å²) in [5.41, 5.74) is 3.76. The van der Waals surface area contributed by atoms with Crippen molar-refractivity contribution in [3.05, 3.63) is 106 Å². The highest BCUT2D eigenvalue weighted by atomic mass is 32.1. The van der Waals surface area contributed by atoms with Crippen molar-refractivity contribution in [3.8, 4) is 5.69 Å². The van der Waals surface area contributed by atoms with E-state index in [2.05, 4.69) is 35.6 Å². The van der Waals surface area contributed by atoms with E-state index in [1.165, 1.54) is 4.88 Å². The number of thiophene rings is 1. The summed E-state index contributed by atoms with van der Waals surface area (Å²) in [6.07, 6.45) is 3.48. The molecule has 0 aliphatic heterocycles. The molecule has 4 aromatic rings. The van der Waals surface area contributed by atoms with Crippen LogP contribution in [-0.4, -0.2) is 20.6 Å². The lowest BCUT2D eigenvalue weighted by Crippen LogP contribution is -2.30. The first kappa shape index (κ1) is 20.1. The molecule has 1 amide bonds. The summed E-state index contributed by atoms with van der Waals surface area (Å²) in [5, 5.41) is 6.64. The predicted octanol–water partition coefficient (Wildman–Crippen LogP) is 5.73. The molecule has 0 saturated heterocycles. The lowest BCUT2D eigenvalue weighted by Gasteiger charge is -2.23. The molecular formula is C25H25N3OS. The van der Waals surface area contributed by atoms with Gasteiger partial charge in [-0.25, -0.2) is 4.68 Å². The van der Waals surface area contributed by atoms with E-state index in [1.54, 1.807) is 17.5 Å². The minimum Gasteiger partial charge on any atom is -0.329 e. The van der Waals surface area contributed by atoms with Crippen molar-refractivity contribution in [1.82, 2.24) is 14.7 Å². The molecule has 2 aromatic carbocycles. The first-order valence-electron chi connectivity index (χ1n) is 10.2. The van der Waals surface area contributed by atoms with E-state index >= 15 is 0 Å². The zero-order chi connectivity index (χ0) is 20.8. The van der Waals surface area contributed by atoms with Gasteiger partial charge in [-0.05, 0) is 35.6 Å². The molecule has 0 radical (unpaired) electrons. The molecule has 152 valence electrons. The van der Waals surface area contributed by atoms with Gasteiger partial charge in [-0.2, -0.15) is 5.10 Å². The molecule has 5 heteroatoms. The van der Waals surface area contributed by atoms with Crippen molar-refractivity contribution in [2.75, 3.05) is 0 Å². The first-order chi connectivity index (χ1) is 14.8. The third-order valence-corrected chi connectivity index (χ3v) is 5.88. The monoisotopic (exact) mass is 415 g/mol.